The van der Waals surface area contributed by atoms with Crippen LogP contribution in [0.4, 0.5) is 5.69 Å². The molecule has 1 saturated heterocycles. The predicted octanol–water partition coefficient (Wildman–Crippen LogP) is 2.13. The molecule has 7 nitrogen and oxygen atoms in total. The molecule has 2 amide bonds. The Hall–Kier alpha value is -2.48. The highest BCUT2D eigenvalue weighted by Crippen LogP contribution is 2.28. The number of rotatable bonds is 5. The van der Waals surface area contributed by atoms with Crippen molar-refractivity contribution in [2.24, 2.45) is 0 Å². The number of furan rings is 1. The van der Waals surface area contributed by atoms with Gasteiger partial charge in [-0.1, -0.05) is 12.1 Å². The van der Waals surface area contributed by atoms with E-state index >= 15 is 0 Å². The van der Waals surface area contributed by atoms with Crippen LogP contribution in [-0.2, 0) is 4.79 Å². The zero-order valence-corrected chi connectivity index (χ0v) is 16.0. The fraction of sp³-hybridized carbons (Fsp3) is 0.333. The third kappa shape index (κ3) is 4.19. The van der Waals surface area contributed by atoms with Crippen LogP contribution in [0.5, 0.6) is 5.75 Å². The van der Waals surface area contributed by atoms with Crippen molar-refractivity contribution in [1.82, 2.24) is 10.2 Å². The van der Waals surface area contributed by atoms with Gasteiger partial charge in [-0.25, -0.2) is 0 Å². The van der Waals surface area contributed by atoms with Crippen LogP contribution < -0.4 is 15.0 Å². The molecule has 0 saturated carbocycles. The van der Waals surface area contributed by atoms with Gasteiger partial charge in [0, 0.05) is 26.2 Å². The quantitative estimate of drug-likeness (QED) is 0.799. The minimum atomic E-state index is -0.406. The summed E-state index contributed by atoms with van der Waals surface area (Å²) in [6, 6.07) is 11.0. The number of nitrogens with zero attached hydrogens (tertiary/aromatic N) is 2. The fourth-order valence-electron chi connectivity index (χ4n) is 2.88. The number of para-hydroxylation sites is 2. The molecule has 2 aromatic rings. The van der Waals surface area contributed by atoms with Crippen LogP contribution in [0.15, 0.2) is 45.5 Å². The van der Waals surface area contributed by atoms with Gasteiger partial charge >= 0.3 is 0 Å². The molecule has 1 aliphatic heterocycles. The summed E-state index contributed by atoms with van der Waals surface area (Å²) in [5, 5.41) is 2.59. The lowest BCUT2D eigenvalue weighted by molar-refractivity contribution is -0.130. The van der Waals surface area contributed by atoms with Gasteiger partial charge in [0.1, 0.15) is 5.75 Å². The van der Waals surface area contributed by atoms with Crippen LogP contribution in [0.25, 0.3) is 0 Å². The molecule has 0 bridgehead atoms. The molecule has 1 aliphatic rings. The van der Waals surface area contributed by atoms with Gasteiger partial charge in [-0.15, -0.1) is 0 Å². The summed E-state index contributed by atoms with van der Waals surface area (Å²) in [6.45, 7) is 2.57. The first-order chi connectivity index (χ1) is 12.6. The molecule has 26 heavy (non-hydrogen) atoms. The van der Waals surface area contributed by atoms with Crippen molar-refractivity contribution in [2.45, 2.75) is 0 Å². The van der Waals surface area contributed by atoms with Crippen LogP contribution in [0, 0.1) is 0 Å². The molecule has 0 atom stereocenters. The van der Waals surface area contributed by atoms with Crippen molar-refractivity contribution in [3.05, 3.63) is 46.8 Å². The number of hydrogen-bond acceptors (Lipinski definition) is 5. The molecule has 1 N–H and O–H groups in total. The number of benzene rings is 1. The second-order valence-corrected chi connectivity index (χ2v) is 6.61. The summed E-state index contributed by atoms with van der Waals surface area (Å²) in [6.07, 6.45) is 0. The van der Waals surface area contributed by atoms with Gasteiger partial charge in [0.05, 0.1) is 19.3 Å². The summed E-state index contributed by atoms with van der Waals surface area (Å²) < 4.78 is 11.0. The lowest BCUT2D eigenvalue weighted by atomic mass is 10.2. The Kier molecular flexibility index (Phi) is 5.82. The third-order valence-corrected chi connectivity index (χ3v) is 4.68. The Bertz CT molecular complexity index is 784. The number of piperazine rings is 1. The molecule has 0 radical (unpaired) electrons. The zero-order valence-electron chi connectivity index (χ0n) is 14.4. The highest BCUT2D eigenvalue weighted by molar-refractivity contribution is 9.10. The lowest BCUT2D eigenvalue weighted by Gasteiger charge is -2.36. The van der Waals surface area contributed by atoms with E-state index in [9.17, 15) is 9.59 Å². The molecular formula is C18H20BrN3O4. The number of ether oxygens (including phenoxy) is 1. The molecule has 3 rings (SSSR count). The Morgan fingerprint density at radius 2 is 1.88 bits per heavy atom. The highest BCUT2D eigenvalue weighted by atomic mass is 79.9. The standard InChI is InChI=1S/C18H20BrN3O4/c1-25-14-5-3-2-4-13(14)21-8-10-22(11-9-21)17(23)12-20-18(24)15-6-7-16(19)26-15/h2-7H,8-12H2,1H3,(H,20,24). The molecule has 0 spiro atoms. The molecule has 0 unspecified atom stereocenters. The van der Waals surface area contributed by atoms with Crippen molar-refractivity contribution in [3.8, 4) is 5.75 Å². The summed E-state index contributed by atoms with van der Waals surface area (Å²) in [5.74, 6) is 0.482. The Labute approximate surface area is 160 Å². The number of carbonyl (C=O) groups excluding carboxylic acids is 2. The van der Waals surface area contributed by atoms with E-state index in [2.05, 4.69) is 26.1 Å². The molecule has 1 fully saturated rings. The number of amides is 2. The number of methoxy groups -OCH3 is 1. The van der Waals surface area contributed by atoms with Gasteiger partial charge in [-0.3, -0.25) is 9.59 Å². The van der Waals surface area contributed by atoms with E-state index < -0.39 is 5.91 Å². The summed E-state index contributed by atoms with van der Waals surface area (Å²) in [7, 11) is 1.65. The number of nitrogens with one attached hydrogen (secondary N) is 1. The van der Waals surface area contributed by atoms with Gasteiger partial charge in [0.2, 0.25) is 5.91 Å². The van der Waals surface area contributed by atoms with Gasteiger partial charge in [-0.05, 0) is 40.2 Å². The molecule has 2 heterocycles. The first-order valence-corrected chi connectivity index (χ1v) is 9.07. The van der Waals surface area contributed by atoms with Crippen molar-refractivity contribution < 1.29 is 18.7 Å². The number of halogens is 1. The molecule has 1 aromatic carbocycles. The van der Waals surface area contributed by atoms with Crippen LogP contribution >= 0.6 is 15.9 Å². The maximum Gasteiger partial charge on any atom is 0.287 e. The van der Waals surface area contributed by atoms with Gasteiger partial charge < -0.3 is 24.3 Å². The van der Waals surface area contributed by atoms with Crippen LogP contribution in [0.1, 0.15) is 10.6 Å². The van der Waals surface area contributed by atoms with Crippen LogP contribution in [-0.4, -0.2) is 56.5 Å². The minimum Gasteiger partial charge on any atom is -0.495 e. The second-order valence-electron chi connectivity index (χ2n) is 5.83. The normalized spacial score (nSPS) is 14.2. The molecule has 0 aliphatic carbocycles. The Morgan fingerprint density at radius 3 is 2.54 bits per heavy atom. The molecule has 1 aromatic heterocycles. The molecule has 8 heteroatoms. The second kappa shape index (κ2) is 8.27. The predicted molar refractivity (Wildman–Crippen MR) is 101 cm³/mol. The van der Waals surface area contributed by atoms with E-state index in [1.165, 1.54) is 0 Å². The SMILES string of the molecule is COc1ccccc1N1CCN(C(=O)CNC(=O)c2ccc(Br)o2)CC1. The summed E-state index contributed by atoms with van der Waals surface area (Å²) in [5.41, 5.74) is 1.03. The number of anilines is 1. The molecule has 138 valence electrons. The van der Waals surface area contributed by atoms with Crippen molar-refractivity contribution in [3.63, 3.8) is 0 Å². The summed E-state index contributed by atoms with van der Waals surface area (Å²) in [4.78, 5) is 28.2. The monoisotopic (exact) mass is 421 g/mol. The van der Waals surface area contributed by atoms with Gasteiger partial charge in [0.15, 0.2) is 10.4 Å². The van der Waals surface area contributed by atoms with Gasteiger partial charge in [-0.2, -0.15) is 0 Å². The van der Waals surface area contributed by atoms with Crippen molar-refractivity contribution in [1.29, 1.82) is 0 Å². The zero-order chi connectivity index (χ0) is 18.5. The van der Waals surface area contributed by atoms with Crippen LogP contribution in [0.2, 0.25) is 0 Å². The first-order valence-electron chi connectivity index (χ1n) is 8.28. The van der Waals surface area contributed by atoms with E-state index in [4.69, 9.17) is 9.15 Å². The number of carbonyl (C=O) groups is 2. The largest absolute Gasteiger partial charge is 0.495 e. The summed E-state index contributed by atoms with van der Waals surface area (Å²) >= 11 is 3.14. The highest BCUT2D eigenvalue weighted by Gasteiger charge is 2.23. The Morgan fingerprint density at radius 1 is 1.15 bits per heavy atom. The van der Waals surface area contributed by atoms with Crippen molar-refractivity contribution in [2.75, 3.05) is 44.7 Å². The average Bonchev–Trinajstić information content (AvgIpc) is 3.12. The maximum atomic E-state index is 12.3. The lowest BCUT2D eigenvalue weighted by Crippen LogP contribution is -2.51. The van der Waals surface area contributed by atoms with E-state index in [0.29, 0.717) is 30.8 Å². The van der Waals surface area contributed by atoms with Crippen LogP contribution in [0.3, 0.4) is 0 Å². The Balaban J connectivity index is 1.50. The van der Waals surface area contributed by atoms with E-state index in [1.54, 1.807) is 24.1 Å². The van der Waals surface area contributed by atoms with Crippen molar-refractivity contribution >= 4 is 33.4 Å². The van der Waals surface area contributed by atoms with E-state index in [-0.39, 0.29) is 18.2 Å². The topological polar surface area (TPSA) is 75.0 Å². The van der Waals surface area contributed by atoms with E-state index in [0.717, 1.165) is 11.4 Å². The smallest absolute Gasteiger partial charge is 0.287 e. The van der Waals surface area contributed by atoms with Gasteiger partial charge in [0.25, 0.3) is 5.91 Å². The fourth-order valence-corrected chi connectivity index (χ4v) is 3.19. The maximum absolute atomic E-state index is 12.3. The van der Waals surface area contributed by atoms with E-state index in [1.807, 2.05) is 24.3 Å². The first kappa shape index (κ1) is 18.3. The number of hydrogen-bond donors (Lipinski definition) is 1. The molecular weight excluding hydrogens is 402 g/mol. The average molecular weight is 422 g/mol. The third-order valence-electron chi connectivity index (χ3n) is 4.26. The minimum absolute atomic E-state index is 0.0498.